The van der Waals surface area contributed by atoms with Crippen molar-refractivity contribution in [3.63, 3.8) is 0 Å². The molecule has 0 saturated carbocycles. The lowest BCUT2D eigenvalue weighted by Gasteiger charge is -2.16. The van der Waals surface area contributed by atoms with Crippen LogP contribution in [0.5, 0.6) is 0 Å². The van der Waals surface area contributed by atoms with E-state index in [0.717, 1.165) is 16.6 Å². The second-order valence-electron chi connectivity index (χ2n) is 5.84. The van der Waals surface area contributed by atoms with Gasteiger partial charge in [-0.05, 0) is 23.5 Å². The molecule has 0 heterocycles. The van der Waals surface area contributed by atoms with E-state index in [1.807, 2.05) is 36.4 Å². The second kappa shape index (κ2) is 8.48. The molecular formula is C21H21BO2. The van der Waals surface area contributed by atoms with Gasteiger partial charge in [0, 0.05) is 0 Å². The molecule has 0 bridgehead atoms. The molecular weight excluding hydrogens is 295 g/mol. The van der Waals surface area contributed by atoms with E-state index < -0.39 is 0 Å². The molecule has 0 saturated heterocycles. The summed E-state index contributed by atoms with van der Waals surface area (Å²) in [7, 11) is -0.383. The third kappa shape index (κ3) is 4.82. The molecule has 0 aliphatic rings. The molecule has 120 valence electrons. The highest BCUT2D eigenvalue weighted by molar-refractivity contribution is 6.61. The molecule has 0 N–H and O–H groups in total. The van der Waals surface area contributed by atoms with Crippen LogP contribution in [0.2, 0.25) is 0 Å². The summed E-state index contributed by atoms with van der Waals surface area (Å²) in [6.07, 6.45) is 0. The molecule has 3 aromatic carbocycles. The van der Waals surface area contributed by atoms with Gasteiger partial charge in [-0.3, -0.25) is 0 Å². The highest BCUT2D eigenvalue weighted by atomic mass is 16.6. The Morgan fingerprint density at radius 1 is 0.625 bits per heavy atom. The molecule has 0 aliphatic carbocycles. The van der Waals surface area contributed by atoms with Gasteiger partial charge in [0.05, 0.1) is 13.2 Å². The summed E-state index contributed by atoms with van der Waals surface area (Å²) in [6, 6.07) is 28.6. The third-order valence-corrected chi connectivity index (χ3v) is 3.84. The summed E-state index contributed by atoms with van der Waals surface area (Å²) < 4.78 is 12.1. The Hall–Kier alpha value is -2.36. The lowest BCUT2D eigenvalue weighted by molar-refractivity contribution is 0.192. The van der Waals surface area contributed by atoms with Gasteiger partial charge in [-0.25, -0.2) is 0 Å². The predicted molar refractivity (Wildman–Crippen MR) is 99.0 cm³/mol. The van der Waals surface area contributed by atoms with Crippen molar-refractivity contribution in [3.05, 3.63) is 102 Å². The Kier molecular flexibility index (Phi) is 5.83. The summed E-state index contributed by atoms with van der Waals surface area (Å²) >= 11 is 0. The maximum Gasteiger partial charge on any atom is 0.494 e. The van der Waals surface area contributed by atoms with Crippen molar-refractivity contribution in [3.8, 4) is 0 Å². The van der Waals surface area contributed by atoms with Gasteiger partial charge in [0.2, 0.25) is 0 Å². The number of hydrogen-bond acceptors (Lipinski definition) is 2. The standard InChI is InChI=1S/C21H21BO2/c1-18-12-14-21(15-13-18)22(23-16-19-8-4-2-5-9-19)24-17-20-10-6-3-7-11-20/h2-15H,16-17H2,1H3. The van der Waals surface area contributed by atoms with Crippen LogP contribution in [0.15, 0.2) is 84.9 Å². The minimum Gasteiger partial charge on any atom is -0.403 e. The first kappa shape index (κ1) is 16.5. The molecule has 24 heavy (non-hydrogen) atoms. The van der Waals surface area contributed by atoms with Gasteiger partial charge in [-0.15, -0.1) is 0 Å². The second-order valence-corrected chi connectivity index (χ2v) is 5.84. The molecule has 3 heteroatoms. The summed E-state index contributed by atoms with van der Waals surface area (Å²) in [5, 5.41) is 0. The zero-order valence-corrected chi connectivity index (χ0v) is 13.9. The minimum atomic E-state index is -0.383. The lowest BCUT2D eigenvalue weighted by atomic mass is 9.78. The molecule has 3 aromatic rings. The Bertz CT molecular complexity index is 683. The Morgan fingerprint density at radius 2 is 1.08 bits per heavy atom. The van der Waals surface area contributed by atoms with E-state index in [1.165, 1.54) is 5.56 Å². The average molecular weight is 316 g/mol. The van der Waals surface area contributed by atoms with E-state index in [4.69, 9.17) is 9.31 Å². The highest BCUT2D eigenvalue weighted by Crippen LogP contribution is 2.07. The first-order valence-corrected chi connectivity index (χ1v) is 8.19. The Balaban J connectivity index is 1.69. The molecule has 0 fully saturated rings. The molecule has 0 atom stereocenters. The average Bonchev–Trinajstić information content (AvgIpc) is 2.64. The van der Waals surface area contributed by atoms with Crippen molar-refractivity contribution < 1.29 is 9.31 Å². The van der Waals surface area contributed by atoms with Crippen LogP contribution in [-0.4, -0.2) is 7.12 Å². The highest BCUT2D eigenvalue weighted by Gasteiger charge is 2.21. The first-order chi connectivity index (χ1) is 11.8. The number of benzene rings is 3. The van der Waals surface area contributed by atoms with Crippen molar-refractivity contribution in [2.24, 2.45) is 0 Å². The van der Waals surface area contributed by atoms with Crippen LogP contribution in [0, 0.1) is 6.92 Å². The maximum atomic E-state index is 6.05. The third-order valence-electron chi connectivity index (χ3n) is 3.84. The van der Waals surface area contributed by atoms with Gasteiger partial charge in [0.15, 0.2) is 0 Å². The van der Waals surface area contributed by atoms with Crippen molar-refractivity contribution >= 4 is 12.6 Å². The van der Waals surface area contributed by atoms with E-state index in [1.54, 1.807) is 0 Å². The molecule has 0 aromatic heterocycles. The van der Waals surface area contributed by atoms with Crippen LogP contribution >= 0.6 is 0 Å². The molecule has 0 unspecified atom stereocenters. The number of aryl methyl sites for hydroxylation is 1. The van der Waals surface area contributed by atoms with Crippen LogP contribution in [-0.2, 0) is 22.5 Å². The topological polar surface area (TPSA) is 18.5 Å². The molecule has 0 amide bonds. The van der Waals surface area contributed by atoms with Crippen LogP contribution in [0.1, 0.15) is 16.7 Å². The van der Waals surface area contributed by atoms with Gasteiger partial charge in [-0.1, -0.05) is 90.5 Å². The van der Waals surface area contributed by atoms with Crippen molar-refractivity contribution in [2.45, 2.75) is 20.1 Å². The fourth-order valence-electron chi connectivity index (χ4n) is 2.46. The predicted octanol–water partition coefficient (Wildman–Crippen LogP) is 4.12. The van der Waals surface area contributed by atoms with E-state index in [0.29, 0.717) is 13.2 Å². The van der Waals surface area contributed by atoms with Gasteiger partial charge in [0.1, 0.15) is 0 Å². The lowest BCUT2D eigenvalue weighted by Crippen LogP contribution is -2.36. The molecule has 3 rings (SSSR count). The monoisotopic (exact) mass is 316 g/mol. The zero-order chi connectivity index (χ0) is 16.6. The van der Waals surface area contributed by atoms with Crippen LogP contribution < -0.4 is 5.46 Å². The van der Waals surface area contributed by atoms with E-state index in [-0.39, 0.29) is 7.12 Å². The molecule has 2 nitrogen and oxygen atoms in total. The zero-order valence-electron chi connectivity index (χ0n) is 13.9. The smallest absolute Gasteiger partial charge is 0.403 e. The Labute approximate surface area is 144 Å². The van der Waals surface area contributed by atoms with Gasteiger partial charge in [0.25, 0.3) is 0 Å². The van der Waals surface area contributed by atoms with Gasteiger partial charge in [-0.2, -0.15) is 0 Å². The summed E-state index contributed by atoms with van der Waals surface area (Å²) in [4.78, 5) is 0. The van der Waals surface area contributed by atoms with E-state index in [2.05, 4.69) is 55.5 Å². The fourth-order valence-corrected chi connectivity index (χ4v) is 2.46. The van der Waals surface area contributed by atoms with E-state index >= 15 is 0 Å². The molecule has 0 aliphatic heterocycles. The van der Waals surface area contributed by atoms with Gasteiger partial charge < -0.3 is 9.31 Å². The van der Waals surface area contributed by atoms with Crippen LogP contribution in [0.25, 0.3) is 0 Å². The first-order valence-electron chi connectivity index (χ1n) is 8.19. The fraction of sp³-hybridized carbons (Fsp3) is 0.143. The van der Waals surface area contributed by atoms with Crippen molar-refractivity contribution in [1.82, 2.24) is 0 Å². The maximum absolute atomic E-state index is 6.05. The van der Waals surface area contributed by atoms with Crippen molar-refractivity contribution in [1.29, 1.82) is 0 Å². The molecule has 0 spiro atoms. The number of rotatable bonds is 7. The Morgan fingerprint density at radius 3 is 1.54 bits per heavy atom. The SMILES string of the molecule is Cc1ccc(B(OCc2ccccc2)OCc2ccccc2)cc1. The van der Waals surface area contributed by atoms with E-state index in [9.17, 15) is 0 Å². The van der Waals surface area contributed by atoms with Gasteiger partial charge >= 0.3 is 7.12 Å². The molecule has 0 radical (unpaired) electrons. The largest absolute Gasteiger partial charge is 0.494 e. The number of hydrogen-bond donors (Lipinski definition) is 0. The normalized spacial score (nSPS) is 10.5. The van der Waals surface area contributed by atoms with Crippen LogP contribution in [0.3, 0.4) is 0 Å². The van der Waals surface area contributed by atoms with Crippen LogP contribution in [0.4, 0.5) is 0 Å². The quantitative estimate of drug-likeness (QED) is 0.610. The summed E-state index contributed by atoms with van der Waals surface area (Å²) in [5.41, 5.74) is 4.53. The summed E-state index contributed by atoms with van der Waals surface area (Å²) in [6.45, 7) is 3.12. The minimum absolute atomic E-state index is 0.383. The van der Waals surface area contributed by atoms with Crippen molar-refractivity contribution in [2.75, 3.05) is 0 Å². The summed E-state index contributed by atoms with van der Waals surface area (Å²) in [5.74, 6) is 0.